The Morgan fingerprint density at radius 3 is 2.15 bits per heavy atom. The summed E-state index contributed by atoms with van der Waals surface area (Å²) in [7, 11) is 0. The molecule has 2 nitrogen and oxygen atoms in total. The molecule has 0 unspecified atom stereocenters. The molecule has 2 heteroatoms. The Morgan fingerprint density at radius 1 is 1.31 bits per heavy atom. The van der Waals surface area contributed by atoms with E-state index >= 15 is 0 Å². The van der Waals surface area contributed by atoms with E-state index in [9.17, 15) is 4.79 Å². The van der Waals surface area contributed by atoms with Crippen molar-refractivity contribution < 1.29 is 9.53 Å². The number of ether oxygens (including phenoxy) is 1. The number of rotatable bonds is 2. The molecular weight excluding hydrogens is 164 g/mol. The molecule has 0 aliphatic heterocycles. The van der Waals surface area contributed by atoms with E-state index in [1.54, 1.807) is 6.08 Å². The third kappa shape index (κ3) is 7.32. The fourth-order valence-electron chi connectivity index (χ4n) is 0.687. The molecule has 0 aromatic heterocycles. The van der Waals surface area contributed by atoms with Crippen LogP contribution >= 0.6 is 0 Å². The molecule has 74 valence electrons. The predicted octanol–water partition coefficient (Wildman–Crippen LogP) is 3.06. The van der Waals surface area contributed by atoms with Crippen LogP contribution in [0, 0.1) is 5.41 Å². The van der Waals surface area contributed by atoms with E-state index in [-0.39, 0.29) is 11.4 Å². The summed E-state index contributed by atoms with van der Waals surface area (Å²) < 4.78 is 4.93. The zero-order valence-corrected chi connectivity index (χ0v) is 9.05. The summed E-state index contributed by atoms with van der Waals surface area (Å²) in [6, 6.07) is 0. The van der Waals surface area contributed by atoms with Crippen molar-refractivity contribution in [1.29, 1.82) is 0 Å². The molecule has 0 amide bonds. The van der Waals surface area contributed by atoms with E-state index in [4.69, 9.17) is 4.74 Å². The number of hydrogen-bond acceptors (Lipinski definition) is 2. The van der Waals surface area contributed by atoms with Crippen LogP contribution in [0.1, 0.15) is 34.6 Å². The van der Waals surface area contributed by atoms with Gasteiger partial charge < -0.3 is 4.74 Å². The van der Waals surface area contributed by atoms with Crippen molar-refractivity contribution in [2.45, 2.75) is 34.6 Å². The highest BCUT2D eigenvalue weighted by atomic mass is 16.5. The second kappa shape index (κ2) is 4.85. The maximum atomic E-state index is 10.6. The molecule has 0 aliphatic rings. The lowest BCUT2D eigenvalue weighted by Crippen LogP contribution is -2.01. The van der Waals surface area contributed by atoms with E-state index in [0.717, 1.165) is 0 Å². The normalized spacial score (nSPS) is 13.5. The number of allylic oxidation sites excluding steroid dienone is 3. The molecule has 0 aromatic rings. The Labute approximate surface area is 80.3 Å². The first-order valence-corrected chi connectivity index (χ1v) is 4.39. The molecule has 0 aliphatic carbocycles. The van der Waals surface area contributed by atoms with Gasteiger partial charge in [0, 0.05) is 6.92 Å². The summed E-state index contributed by atoms with van der Waals surface area (Å²) in [6.07, 6.45) is 5.59. The highest BCUT2D eigenvalue weighted by Gasteiger charge is 2.04. The van der Waals surface area contributed by atoms with Crippen molar-refractivity contribution in [3.8, 4) is 0 Å². The van der Waals surface area contributed by atoms with Crippen molar-refractivity contribution in [2.24, 2.45) is 5.41 Å². The monoisotopic (exact) mass is 182 g/mol. The van der Waals surface area contributed by atoms with Crippen LogP contribution < -0.4 is 0 Å². The first-order valence-electron chi connectivity index (χ1n) is 4.39. The highest BCUT2D eigenvalue weighted by molar-refractivity contribution is 5.67. The van der Waals surface area contributed by atoms with Gasteiger partial charge in [0.2, 0.25) is 0 Å². The van der Waals surface area contributed by atoms with E-state index in [0.29, 0.717) is 5.76 Å². The van der Waals surface area contributed by atoms with Gasteiger partial charge in [-0.3, -0.25) is 4.79 Å². The van der Waals surface area contributed by atoms with Crippen LogP contribution in [-0.4, -0.2) is 5.97 Å². The van der Waals surface area contributed by atoms with Gasteiger partial charge in [-0.15, -0.1) is 0 Å². The second-order valence-corrected chi connectivity index (χ2v) is 3.98. The van der Waals surface area contributed by atoms with E-state index in [1.165, 1.54) is 6.92 Å². The van der Waals surface area contributed by atoms with Gasteiger partial charge in [0.1, 0.15) is 5.76 Å². The number of carbonyl (C=O) groups excluding carboxylic acids is 1. The molecule has 0 saturated heterocycles. The molecule has 0 saturated carbocycles. The van der Waals surface area contributed by atoms with E-state index in [1.807, 2.05) is 19.1 Å². The number of esters is 1. The predicted molar refractivity (Wildman–Crippen MR) is 54.1 cm³/mol. The Bertz CT molecular complexity index is 229. The summed E-state index contributed by atoms with van der Waals surface area (Å²) in [6.45, 7) is 9.50. The Balaban J connectivity index is 4.32. The zero-order valence-electron chi connectivity index (χ0n) is 9.05. The largest absolute Gasteiger partial charge is 0.427 e. The van der Waals surface area contributed by atoms with Crippen LogP contribution in [0.5, 0.6) is 0 Å². The van der Waals surface area contributed by atoms with Gasteiger partial charge in [-0.25, -0.2) is 0 Å². The minimum atomic E-state index is -0.286. The molecular formula is C11H18O2. The molecule has 0 bridgehead atoms. The molecule has 0 aromatic carbocycles. The first kappa shape index (κ1) is 11.9. The lowest BCUT2D eigenvalue weighted by atomic mass is 9.96. The van der Waals surface area contributed by atoms with Crippen LogP contribution in [0.3, 0.4) is 0 Å². The maximum Gasteiger partial charge on any atom is 0.308 e. The summed E-state index contributed by atoms with van der Waals surface area (Å²) in [5.41, 5.74) is 0.106. The SMILES string of the molecule is C/C=C(/C=C/C(C)(C)C)OC(C)=O. The zero-order chi connectivity index (χ0) is 10.5. The molecule has 13 heavy (non-hydrogen) atoms. The van der Waals surface area contributed by atoms with Crippen molar-refractivity contribution in [3.05, 3.63) is 24.0 Å². The van der Waals surface area contributed by atoms with Gasteiger partial charge in [-0.05, 0) is 24.5 Å². The molecule has 0 radical (unpaired) electrons. The Morgan fingerprint density at radius 2 is 1.85 bits per heavy atom. The lowest BCUT2D eigenvalue weighted by molar-refractivity contribution is -0.136. The quantitative estimate of drug-likeness (QED) is 0.373. The summed E-state index contributed by atoms with van der Waals surface area (Å²) in [5.74, 6) is 0.314. The van der Waals surface area contributed by atoms with Crippen LogP contribution in [0.15, 0.2) is 24.0 Å². The molecule has 0 N–H and O–H groups in total. The van der Waals surface area contributed by atoms with Crippen LogP contribution in [-0.2, 0) is 9.53 Å². The van der Waals surface area contributed by atoms with E-state index < -0.39 is 0 Å². The molecule has 0 spiro atoms. The maximum absolute atomic E-state index is 10.6. The summed E-state index contributed by atoms with van der Waals surface area (Å²) >= 11 is 0. The average Bonchev–Trinajstić information content (AvgIpc) is 1.95. The molecule has 0 rings (SSSR count). The van der Waals surface area contributed by atoms with Crippen molar-refractivity contribution >= 4 is 5.97 Å². The smallest absolute Gasteiger partial charge is 0.308 e. The minimum absolute atomic E-state index is 0.106. The fourth-order valence-corrected chi connectivity index (χ4v) is 0.687. The molecule has 0 fully saturated rings. The van der Waals surface area contributed by atoms with Gasteiger partial charge in [0.05, 0.1) is 0 Å². The number of carbonyl (C=O) groups is 1. The number of hydrogen-bond donors (Lipinski definition) is 0. The van der Waals surface area contributed by atoms with Crippen LogP contribution in [0.2, 0.25) is 0 Å². The third-order valence-electron chi connectivity index (χ3n) is 1.29. The van der Waals surface area contributed by atoms with E-state index in [2.05, 4.69) is 20.8 Å². The second-order valence-electron chi connectivity index (χ2n) is 3.98. The summed E-state index contributed by atoms with van der Waals surface area (Å²) in [4.78, 5) is 10.6. The van der Waals surface area contributed by atoms with Gasteiger partial charge >= 0.3 is 5.97 Å². The minimum Gasteiger partial charge on any atom is -0.427 e. The highest BCUT2D eigenvalue weighted by Crippen LogP contribution is 2.16. The van der Waals surface area contributed by atoms with Crippen LogP contribution in [0.25, 0.3) is 0 Å². The third-order valence-corrected chi connectivity index (χ3v) is 1.29. The van der Waals surface area contributed by atoms with Gasteiger partial charge in [0.25, 0.3) is 0 Å². The Kier molecular flexibility index (Phi) is 4.46. The van der Waals surface area contributed by atoms with Crippen LogP contribution in [0.4, 0.5) is 0 Å². The van der Waals surface area contributed by atoms with Gasteiger partial charge in [-0.2, -0.15) is 0 Å². The Hall–Kier alpha value is -1.05. The van der Waals surface area contributed by atoms with Crippen molar-refractivity contribution in [2.75, 3.05) is 0 Å². The van der Waals surface area contributed by atoms with Gasteiger partial charge in [-0.1, -0.05) is 26.8 Å². The summed E-state index contributed by atoms with van der Waals surface area (Å²) in [5, 5.41) is 0. The first-order chi connectivity index (χ1) is 5.85. The van der Waals surface area contributed by atoms with Crippen molar-refractivity contribution in [3.63, 3.8) is 0 Å². The van der Waals surface area contributed by atoms with Crippen molar-refractivity contribution in [1.82, 2.24) is 0 Å². The fraction of sp³-hybridized carbons (Fsp3) is 0.545. The average molecular weight is 182 g/mol. The van der Waals surface area contributed by atoms with Gasteiger partial charge in [0.15, 0.2) is 0 Å². The lowest BCUT2D eigenvalue weighted by Gasteiger charge is -2.11. The molecule has 0 atom stereocenters. The standard InChI is InChI=1S/C11H18O2/c1-6-10(13-9(2)12)7-8-11(3,4)5/h6-8H,1-5H3/b8-7+,10-6-. The topological polar surface area (TPSA) is 26.3 Å². The molecule has 0 heterocycles.